The molecule has 1 saturated heterocycles. The molecule has 1 rings (SSSR count). The van der Waals surface area contributed by atoms with E-state index in [1.54, 1.807) is 0 Å². The molecule has 0 spiro atoms. The van der Waals surface area contributed by atoms with Gasteiger partial charge in [0.2, 0.25) is 0 Å². The standard InChI is InChI=1S/C12H23N.ClHO3/c1-6-10-13-11(2,3)8-7-9-12(13,4)5;2-1(3)4/h6H,1,7-10H2,2-5H3;2H. The second-order valence-corrected chi connectivity index (χ2v) is 5.98. The zero-order valence-electron chi connectivity index (χ0n) is 11.2. The summed E-state index contributed by atoms with van der Waals surface area (Å²) in [4.78, 5) is 2.58. The van der Waals surface area contributed by atoms with E-state index in [9.17, 15) is 0 Å². The van der Waals surface area contributed by atoms with Crippen LogP contribution in [0.2, 0.25) is 0 Å². The van der Waals surface area contributed by atoms with Gasteiger partial charge in [0.15, 0.2) is 0 Å². The lowest BCUT2D eigenvalue weighted by Gasteiger charge is -2.52. The van der Waals surface area contributed by atoms with Crippen LogP contribution < -0.4 is 9.32 Å². The van der Waals surface area contributed by atoms with Crippen molar-refractivity contribution < 1.29 is 24.8 Å². The molecule has 0 bridgehead atoms. The van der Waals surface area contributed by atoms with Crippen molar-refractivity contribution in [2.24, 2.45) is 0 Å². The molecule has 0 unspecified atom stereocenters. The van der Waals surface area contributed by atoms with E-state index in [0.29, 0.717) is 11.1 Å². The van der Waals surface area contributed by atoms with Crippen molar-refractivity contribution in [1.82, 2.24) is 4.90 Å². The van der Waals surface area contributed by atoms with Crippen molar-refractivity contribution in [1.29, 1.82) is 0 Å². The monoisotopic (exact) mass is 265 g/mol. The number of nitrogens with zero attached hydrogens (tertiary/aromatic N) is 1. The molecule has 102 valence electrons. The van der Waals surface area contributed by atoms with Crippen molar-refractivity contribution in [3.05, 3.63) is 12.7 Å². The lowest BCUT2D eigenvalue weighted by atomic mass is 9.80. The summed E-state index contributed by atoms with van der Waals surface area (Å²) in [5.74, 6) is 0. The molecule has 1 aliphatic heterocycles. The minimum Gasteiger partial charge on any atom is -0.321 e. The molecule has 4 nitrogen and oxygen atoms in total. The molecular formula is C12H24ClNO3. The maximum Gasteiger partial charge on any atom is 0.282 e. The molecule has 0 amide bonds. The van der Waals surface area contributed by atoms with Gasteiger partial charge in [0, 0.05) is 22.3 Å². The predicted molar refractivity (Wildman–Crippen MR) is 61.1 cm³/mol. The average Bonchev–Trinajstić information content (AvgIpc) is 2.10. The summed E-state index contributed by atoms with van der Waals surface area (Å²) in [5.41, 5.74) is 0.686. The minimum absolute atomic E-state index is 0.343. The normalized spacial score (nSPS) is 22.8. The number of hydrogen-bond acceptors (Lipinski definition) is 4. The number of piperidine rings is 1. The maximum atomic E-state index is 8.52. The molecule has 0 aromatic carbocycles. The van der Waals surface area contributed by atoms with E-state index in [1.807, 2.05) is 6.08 Å². The highest BCUT2D eigenvalue weighted by Crippen LogP contribution is 2.37. The van der Waals surface area contributed by atoms with Crippen LogP contribution in [0.3, 0.4) is 0 Å². The van der Waals surface area contributed by atoms with Crippen molar-refractivity contribution in [2.75, 3.05) is 6.54 Å². The minimum atomic E-state index is -2.60. The summed E-state index contributed by atoms with van der Waals surface area (Å²) in [7, 11) is -2.60. The fourth-order valence-electron chi connectivity index (χ4n) is 2.67. The summed E-state index contributed by atoms with van der Waals surface area (Å²) < 4.78 is 24.0. The number of rotatable bonds is 2. The molecule has 1 fully saturated rings. The molecule has 0 aromatic heterocycles. The van der Waals surface area contributed by atoms with Crippen LogP contribution in [-0.4, -0.2) is 27.2 Å². The number of halogens is 1. The fourth-order valence-corrected chi connectivity index (χ4v) is 2.67. The van der Waals surface area contributed by atoms with Gasteiger partial charge < -0.3 is 9.32 Å². The van der Waals surface area contributed by atoms with Crippen LogP contribution in [0.5, 0.6) is 0 Å². The first-order valence-electron chi connectivity index (χ1n) is 5.76. The first-order valence-corrected chi connectivity index (χ1v) is 6.72. The van der Waals surface area contributed by atoms with Crippen LogP contribution >= 0.6 is 0 Å². The Balaban J connectivity index is 0.000000557. The Morgan fingerprint density at radius 1 is 1.24 bits per heavy atom. The van der Waals surface area contributed by atoms with Crippen LogP contribution in [0, 0.1) is 10.8 Å². The molecule has 17 heavy (non-hydrogen) atoms. The Bertz CT molecular complexity index is 223. The third-order valence-electron chi connectivity index (χ3n) is 3.35. The number of hydrogen-bond donors (Lipinski definition) is 1. The zero-order valence-corrected chi connectivity index (χ0v) is 12.0. The molecule has 0 saturated carbocycles. The van der Waals surface area contributed by atoms with Crippen LogP contribution in [0.15, 0.2) is 12.7 Å². The van der Waals surface area contributed by atoms with E-state index in [4.69, 9.17) is 14.0 Å². The van der Waals surface area contributed by atoms with E-state index in [-0.39, 0.29) is 0 Å². The summed E-state index contributed by atoms with van der Waals surface area (Å²) in [6.07, 6.45) is 6.00. The number of likely N-dealkylation sites (tertiary alicyclic amines) is 1. The Labute approximate surface area is 107 Å². The van der Waals surface area contributed by atoms with Gasteiger partial charge in [-0.1, -0.05) is 6.08 Å². The summed E-state index contributed by atoms with van der Waals surface area (Å²) >= 11 is 0. The zero-order chi connectivity index (χ0) is 13.7. The Morgan fingerprint density at radius 3 is 1.88 bits per heavy atom. The van der Waals surface area contributed by atoms with E-state index < -0.39 is 10.8 Å². The summed E-state index contributed by atoms with van der Waals surface area (Å²) in [6, 6.07) is 0. The lowest BCUT2D eigenvalue weighted by Crippen LogP contribution is -2.58. The molecule has 0 atom stereocenters. The van der Waals surface area contributed by atoms with Gasteiger partial charge in [-0.15, -0.1) is 6.58 Å². The highest BCUT2D eigenvalue weighted by atomic mass is 35.6. The second kappa shape index (κ2) is 6.71. The molecule has 5 heteroatoms. The largest absolute Gasteiger partial charge is 0.321 e. The van der Waals surface area contributed by atoms with Gasteiger partial charge in [0.25, 0.3) is 10.8 Å². The van der Waals surface area contributed by atoms with Crippen LogP contribution in [0.25, 0.3) is 0 Å². The first-order chi connectivity index (χ1) is 7.63. The Morgan fingerprint density at radius 2 is 1.59 bits per heavy atom. The van der Waals surface area contributed by atoms with Crippen LogP contribution in [-0.2, 0) is 0 Å². The SMILES string of the molecule is C=CCN1C(C)(C)CCCC1(C)C.[O-][Cl+2]([O-])O. The van der Waals surface area contributed by atoms with E-state index in [0.717, 1.165) is 6.54 Å². The van der Waals surface area contributed by atoms with Crippen molar-refractivity contribution in [3.8, 4) is 0 Å². The molecular weight excluding hydrogens is 242 g/mol. The third-order valence-corrected chi connectivity index (χ3v) is 3.35. The van der Waals surface area contributed by atoms with Crippen LogP contribution in [0.1, 0.15) is 47.0 Å². The van der Waals surface area contributed by atoms with E-state index in [2.05, 4.69) is 39.2 Å². The highest BCUT2D eigenvalue weighted by Gasteiger charge is 2.39. The Kier molecular flexibility index (Phi) is 6.66. The van der Waals surface area contributed by atoms with Gasteiger partial charge in [0.1, 0.15) is 0 Å². The average molecular weight is 266 g/mol. The Hall–Kier alpha value is -0.130. The van der Waals surface area contributed by atoms with Crippen molar-refractivity contribution in [2.45, 2.75) is 58.0 Å². The van der Waals surface area contributed by atoms with Gasteiger partial charge in [-0.3, -0.25) is 4.90 Å². The smallest absolute Gasteiger partial charge is 0.282 e. The third kappa shape index (κ3) is 5.84. The summed E-state index contributed by atoms with van der Waals surface area (Å²) in [6.45, 7) is 14.2. The molecule has 0 aliphatic carbocycles. The second-order valence-electron chi connectivity index (χ2n) is 5.58. The van der Waals surface area contributed by atoms with Gasteiger partial charge >= 0.3 is 0 Å². The van der Waals surface area contributed by atoms with E-state index in [1.165, 1.54) is 19.3 Å². The molecule has 1 heterocycles. The van der Waals surface area contributed by atoms with Crippen molar-refractivity contribution >= 4 is 0 Å². The van der Waals surface area contributed by atoms with Gasteiger partial charge in [-0.05, 0) is 47.0 Å². The highest BCUT2D eigenvalue weighted by molar-refractivity contribution is 4.99. The lowest BCUT2D eigenvalue weighted by molar-refractivity contribution is -1.63. The van der Waals surface area contributed by atoms with Crippen LogP contribution in [0.4, 0.5) is 0 Å². The van der Waals surface area contributed by atoms with Gasteiger partial charge in [-0.25, -0.2) is 0 Å². The predicted octanol–water partition coefficient (Wildman–Crippen LogP) is 0.281. The molecule has 1 aliphatic rings. The first kappa shape index (κ1) is 16.9. The maximum absolute atomic E-state index is 8.52. The summed E-state index contributed by atoms with van der Waals surface area (Å²) in [5, 5.41) is 0. The van der Waals surface area contributed by atoms with Gasteiger partial charge in [-0.2, -0.15) is 0 Å². The topological polar surface area (TPSA) is 69.6 Å². The molecule has 1 N–H and O–H groups in total. The van der Waals surface area contributed by atoms with Crippen molar-refractivity contribution in [3.63, 3.8) is 0 Å². The molecule has 0 radical (unpaired) electrons. The van der Waals surface area contributed by atoms with E-state index >= 15 is 0 Å². The van der Waals surface area contributed by atoms with Gasteiger partial charge in [0.05, 0.1) is 0 Å². The molecule has 0 aromatic rings. The fraction of sp³-hybridized carbons (Fsp3) is 0.833. The quantitative estimate of drug-likeness (QED) is 0.728.